The average molecular weight is 259 g/mol. The molecule has 0 heterocycles. The van der Waals surface area contributed by atoms with Gasteiger partial charge in [0.2, 0.25) is 0 Å². The van der Waals surface area contributed by atoms with Gasteiger partial charge in [0.15, 0.2) is 0 Å². The fourth-order valence-electron chi connectivity index (χ4n) is 2.37. The summed E-state index contributed by atoms with van der Waals surface area (Å²) < 4.78 is 11.4. The molecular formula is C13H25NO2S. The third-order valence-corrected chi connectivity index (χ3v) is 3.88. The third-order valence-electron chi connectivity index (χ3n) is 3.55. The number of nitrogens with two attached hydrogens (primary N) is 1. The van der Waals surface area contributed by atoms with E-state index in [1.54, 1.807) is 0 Å². The molecule has 17 heavy (non-hydrogen) atoms. The van der Waals surface area contributed by atoms with E-state index in [1.807, 2.05) is 6.92 Å². The van der Waals surface area contributed by atoms with Crippen molar-refractivity contribution in [2.45, 2.75) is 58.2 Å². The van der Waals surface area contributed by atoms with E-state index in [9.17, 15) is 0 Å². The molecule has 0 spiro atoms. The molecule has 0 aliphatic heterocycles. The lowest BCUT2D eigenvalue weighted by molar-refractivity contribution is -0.0420. The normalized spacial score (nSPS) is 26.7. The highest BCUT2D eigenvalue weighted by Gasteiger charge is 2.23. The van der Waals surface area contributed by atoms with Gasteiger partial charge in [-0.15, -0.1) is 0 Å². The first kappa shape index (κ1) is 14.9. The van der Waals surface area contributed by atoms with Gasteiger partial charge in [-0.25, -0.2) is 0 Å². The van der Waals surface area contributed by atoms with E-state index in [0.717, 1.165) is 5.92 Å². The van der Waals surface area contributed by atoms with Crippen molar-refractivity contribution in [3.05, 3.63) is 0 Å². The summed E-state index contributed by atoms with van der Waals surface area (Å²) in [5.41, 5.74) is 5.47. The molecular weight excluding hydrogens is 234 g/mol. The molecule has 0 aromatic carbocycles. The SMILES string of the molecule is CCC1CCCCC1OCCOC(C)C(N)=S. The van der Waals surface area contributed by atoms with Crippen molar-refractivity contribution in [1.82, 2.24) is 0 Å². The van der Waals surface area contributed by atoms with Crippen molar-refractivity contribution in [3.8, 4) is 0 Å². The Bertz CT molecular complexity index is 235. The van der Waals surface area contributed by atoms with Crippen LogP contribution in [0, 0.1) is 5.92 Å². The minimum Gasteiger partial charge on any atom is -0.391 e. The topological polar surface area (TPSA) is 44.5 Å². The summed E-state index contributed by atoms with van der Waals surface area (Å²) in [7, 11) is 0. The van der Waals surface area contributed by atoms with Gasteiger partial charge in [0.05, 0.1) is 19.3 Å². The van der Waals surface area contributed by atoms with Crippen molar-refractivity contribution in [2.24, 2.45) is 11.7 Å². The maximum absolute atomic E-state index is 5.91. The summed E-state index contributed by atoms with van der Waals surface area (Å²) in [6, 6.07) is 0. The van der Waals surface area contributed by atoms with Gasteiger partial charge in [-0.05, 0) is 25.7 Å². The molecule has 1 fully saturated rings. The fourth-order valence-corrected chi connectivity index (χ4v) is 2.43. The van der Waals surface area contributed by atoms with Gasteiger partial charge in [0, 0.05) is 0 Å². The first-order valence-electron chi connectivity index (χ1n) is 6.67. The van der Waals surface area contributed by atoms with Crippen LogP contribution in [-0.2, 0) is 9.47 Å². The smallest absolute Gasteiger partial charge is 0.105 e. The monoisotopic (exact) mass is 259 g/mol. The van der Waals surface area contributed by atoms with Crippen LogP contribution in [0.4, 0.5) is 0 Å². The molecule has 4 heteroatoms. The predicted molar refractivity (Wildman–Crippen MR) is 74.2 cm³/mol. The average Bonchev–Trinajstić information content (AvgIpc) is 2.34. The molecule has 3 unspecified atom stereocenters. The Morgan fingerprint density at radius 3 is 2.71 bits per heavy atom. The fraction of sp³-hybridized carbons (Fsp3) is 0.923. The second-order valence-electron chi connectivity index (χ2n) is 4.78. The highest BCUT2D eigenvalue weighted by molar-refractivity contribution is 7.80. The highest BCUT2D eigenvalue weighted by Crippen LogP contribution is 2.28. The molecule has 0 radical (unpaired) electrons. The molecule has 1 saturated carbocycles. The highest BCUT2D eigenvalue weighted by atomic mass is 32.1. The van der Waals surface area contributed by atoms with Gasteiger partial charge >= 0.3 is 0 Å². The van der Waals surface area contributed by atoms with Crippen molar-refractivity contribution >= 4 is 17.2 Å². The quantitative estimate of drug-likeness (QED) is 0.564. The van der Waals surface area contributed by atoms with Gasteiger partial charge in [-0.3, -0.25) is 0 Å². The van der Waals surface area contributed by atoms with Gasteiger partial charge in [-0.2, -0.15) is 0 Å². The van der Waals surface area contributed by atoms with Crippen molar-refractivity contribution < 1.29 is 9.47 Å². The number of thiocarbonyl (C=S) groups is 1. The number of rotatable bonds is 7. The molecule has 100 valence electrons. The van der Waals surface area contributed by atoms with E-state index in [0.29, 0.717) is 24.3 Å². The number of ether oxygens (including phenoxy) is 2. The molecule has 0 bridgehead atoms. The van der Waals surface area contributed by atoms with E-state index in [1.165, 1.54) is 32.1 Å². The summed E-state index contributed by atoms with van der Waals surface area (Å²) in [6.45, 7) is 5.34. The van der Waals surface area contributed by atoms with E-state index in [2.05, 4.69) is 6.92 Å². The summed E-state index contributed by atoms with van der Waals surface area (Å²) >= 11 is 4.84. The molecule has 3 atom stereocenters. The Kier molecular flexibility index (Phi) is 7.00. The van der Waals surface area contributed by atoms with Crippen molar-refractivity contribution in [3.63, 3.8) is 0 Å². The largest absolute Gasteiger partial charge is 0.391 e. The van der Waals surface area contributed by atoms with E-state index < -0.39 is 0 Å². The van der Waals surface area contributed by atoms with Gasteiger partial charge < -0.3 is 15.2 Å². The standard InChI is InChI=1S/C13H25NO2S/c1-3-11-6-4-5-7-12(11)16-9-8-15-10(2)13(14)17/h10-12H,3-9H2,1-2H3,(H2,14,17). The maximum Gasteiger partial charge on any atom is 0.105 e. The second kappa shape index (κ2) is 8.01. The lowest BCUT2D eigenvalue weighted by atomic mass is 9.85. The van der Waals surface area contributed by atoms with Gasteiger partial charge in [0.1, 0.15) is 11.1 Å². The molecule has 0 amide bonds. The zero-order valence-electron chi connectivity index (χ0n) is 11.0. The first-order chi connectivity index (χ1) is 8.15. The Hall–Kier alpha value is -0.190. The van der Waals surface area contributed by atoms with Crippen LogP contribution in [0.15, 0.2) is 0 Å². The molecule has 1 aliphatic rings. The molecule has 2 N–H and O–H groups in total. The molecule has 3 nitrogen and oxygen atoms in total. The van der Waals surface area contributed by atoms with E-state index >= 15 is 0 Å². The van der Waals surface area contributed by atoms with Crippen LogP contribution < -0.4 is 5.73 Å². The Morgan fingerprint density at radius 1 is 1.35 bits per heavy atom. The first-order valence-corrected chi connectivity index (χ1v) is 7.08. The third kappa shape index (κ3) is 5.32. The molecule has 0 aromatic heterocycles. The van der Waals surface area contributed by atoms with Gasteiger partial charge in [-0.1, -0.05) is 38.4 Å². The molecule has 0 saturated heterocycles. The Balaban J connectivity index is 2.14. The summed E-state index contributed by atoms with van der Waals surface area (Å²) in [5.74, 6) is 0.733. The summed E-state index contributed by atoms with van der Waals surface area (Å²) in [6.07, 6.45) is 6.65. The summed E-state index contributed by atoms with van der Waals surface area (Å²) in [5, 5.41) is 0. The van der Waals surface area contributed by atoms with Crippen LogP contribution >= 0.6 is 12.2 Å². The number of hydrogen-bond acceptors (Lipinski definition) is 3. The predicted octanol–water partition coefficient (Wildman–Crippen LogP) is 2.66. The van der Waals surface area contributed by atoms with Crippen LogP contribution in [0.1, 0.15) is 46.0 Å². The zero-order chi connectivity index (χ0) is 12.7. The molecule has 1 rings (SSSR count). The minimum atomic E-state index is -0.151. The number of hydrogen-bond donors (Lipinski definition) is 1. The zero-order valence-corrected chi connectivity index (χ0v) is 11.8. The van der Waals surface area contributed by atoms with Crippen LogP contribution in [-0.4, -0.2) is 30.4 Å². The second-order valence-corrected chi connectivity index (χ2v) is 5.25. The lowest BCUT2D eigenvalue weighted by Gasteiger charge is -2.30. The lowest BCUT2D eigenvalue weighted by Crippen LogP contribution is -2.31. The van der Waals surface area contributed by atoms with E-state index in [4.69, 9.17) is 27.4 Å². The van der Waals surface area contributed by atoms with Gasteiger partial charge in [0.25, 0.3) is 0 Å². The van der Waals surface area contributed by atoms with Crippen LogP contribution in [0.3, 0.4) is 0 Å². The summed E-state index contributed by atoms with van der Waals surface area (Å²) in [4.78, 5) is 0.411. The molecule has 0 aromatic rings. The van der Waals surface area contributed by atoms with Crippen molar-refractivity contribution in [1.29, 1.82) is 0 Å². The van der Waals surface area contributed by atoms with Crippen molar-refractivity contribution in [2.75, 3.05) is 13.2 Å². The van der Waals surface area contributed by atoms with E-state index in [-0.39, 0.29) is 6.10 Å². The van der Waals surface area contributed by atoms with Crippen LogP contribution in [0.2, 0.25) is 0 Å². The Labute approximate surface area is 110 Å². The maximum atomic E-state index is 5.91. The van der Waals surface area contributed by atoms with Crippen LogP contribution in [0.25, 0.3) is 0 Å². The minimum absolute atomic E-state index is 0.151. The molecule has 1 aliphatic carbocycles. The van der Waals surface area contributed by atoms with Crippen LogP contribution in [0.5, 0.6) is 0 Å². The Morgan fingerprint density at radius 2 is 2.06 bits per heavy atom.